The molecule has 1 N–H and O–H groups in total. The van der Waals surface area contributed by atoms with Crippen LogP contribution < -0.4 is 10.1 Å². The second-order valence-electron chi connectivity index (χ2n) is 7.49. The second-order valence-corrected chi connectivity index (χ2v) is 9.42. The zero-order valence-electron chi connectivity index (χ0n) is 17.5. The average molecular weight is 467 g/mol. The highest BCUT2D eigenvalue weighted by Crippen LogP contribution is 2.29. The molecular weight excluding hydrogens is 444 g/mol. The predicted octanol–water partition coefficient (Wildman–Crippen LogP) is 3.22. The Balaban J connectivity index is 1.87. The van der Waals surface area contributed by atoms with Gasteiger partial charge in [0.2, 0.25) is 11.7 Å². The van der Waals surface area contributed by atoms with Crippen molar-refractivity contribution in [2.45, 2.75) is 37.8 Å². The maximum atomic E-state index is 13.7. The van der Waals surface area contributed by atoms with Crippen molar-refractivity contribution in [2.75, 3.05) is 12.9 Å². The molecule has 0 aliphatic heterocycles. The van der Waals surface area contributed by atoms with Gasteiger partial charge in [-0.1, -0.05) is 18.2 Å². The summed E-state index contributed by atoms with van der Waals surface area (Å²) in [5.41, 5.74) is -0.189. The number of nitrogens with one attached hydrogen (secondary N) is 1. The average Bonchev–Trinajstić information content (AvgIpc) is 3.54. The van der Waals surface area contributed by atoms with Gasteiger partial charge < -0.3 is 14.8 Å². The molecule has 0 radical (unpaired) electrons. The molecule has 1 fully saturated rings. The minimum absolute atomic E-state index is 0.0449. The normalized spacial score (nSPS) is 15.5. The monoisotopic (exact) mass is 467 g/mol. The van der Waals surface area contributed by atoms with Gasteiger partial charge >= 0.3 is 5.92 Å². The van der Waals surface area contributed by atoms with E-state index in [-0.39, 0.29) is 29.9 Å². The lowest BCUT2D eigenvalue weighted by atomic mass is 10.2. The van der Waals surface area contributed by atoms with Gasteiger partial charge in [-0.2, -0.15) is 13.8 Å². The Hall–Kier alpha value is -2.92. The molecule has 1 unspecified atom stereocenters. The first kappa shape index (κ1) is 23.7. The largest absolute Gasteiger partial charge is 0.438 e. The van der Waals surface area contributed by atoms with Crippen molar-refractivity contribution in [3.8, 4) is 11.6 Å². The molecular formula is C21H23F2N3O5S. The summed E-state index contributed by atoms with van der Waals surface area (Å²) >= 11 is 0. The number of amides is 1. The lowest BCUT2D eigenvalue weighted by Gasteiger charge is -2.17. The smallest absolute Gasteiger partial charge is 0.303 e. The van der Waals surface area contributed by atoms with E-state index in [9.17, 15) is 22.0 Å². The van der Waals surface area contributed by atoms with Crippen molar-refractivity contribution >= 4 is 15.7 Å². The van der Waals surface area contributed by atoms with E-state index in [4.69, 9.17) is 9.47 Å². The Labute approximate surface area is 184 Å². The summed E-state index contributed by atoms with van der Waals surface area (Å²) in [6, 6.07) is 7.46. The highest BCUT2D eigenvalue weighted by Gasteiger charge is 2.31. The quantitative estimate of drug-likeness (QED) is 0.572. The van der Waals surface area contributed by atoms with Crippen molar-refractivity contribution < 1.29 is 31.5 Å². The fourth-order valence-corrected chi connectivity index (χ4v) is 2.99. The lowest BCUT2D eigenvalue weighted by molar-refractivity contribution is 0.00707. The van der Waals surface area contributed by atoms with Crippen LogP contribution in [0.1, 0.15) is 35.9 Å². The van der Waals surface area contributed by atoms with Gasteiger partial charge in [0, 0.05) is 24.8 Å². The van der Waals surface area contributed by atoms with E-state index in [0.29, 0.717) is 6.92 Å². The van der Waals surface area contributed by atoms with Gasteiger partial charge in [0.1, 0.15) is 11.3 Å². The van der Waals surface area contributed by atoms with Gasteiger partial charge in [-0.3, -0.25) is 4.79 Å². The maximum Gasteiger partial charge on any atom is 0.303 e. The van der Waals surface area contributed by atoms with Crippen LogP contribution in [0.25, 0.3) is 0 Å². The van der Waals surface area contributed by atoms with E-state index >= 15 is 0 Å². The van der Waals surface area contributed by atoms with E-state index in [1.807, 2.05) is 0 Å². The van der Waals surface area contributed by atoms with Crippen molar-refractivity contribution in [1.82, 2.24) is 15.3 Å². The molecule has 1 aliphatic rings. The third-order valence-electron chi connectivity index (χ3n) is 4.26. The van der Waals surface area contributed by atoms with E-state index in [1.54, 1.807) is 30.3 Å². The Morgan fingerprint density at radius 2 is 2.00 bits per heavy atom. The number of rotatable bonds is 10. The first-order valence-electron chi connectivity index (χ1n) is 9.80. The Kier molecular flexibility index (Phi) is 7.19. The lowest BCUT2D eigenvalue weighted by Crippen LogP contribution is -2.37. The summed E-state index contributed by atoms with van der Waals surface area (Å²) in [6.45, 7) is 0.679. The molecule has 0 saturated heterocycles. The molecule has 1 amide bonds. The number of para-hydroxylation sites is 1. The number of hydrogen-bond acceptors (Lipinski definition) is 7. The van der Waals surface area contributed by atoms with Gasteiger partial charge in [-0.05, 0) is 31.1 Å². The van der Waals surface area contributed by atoms with E-state index < -0.39 is 33.5 Å². The SMILES string of the molecule is CC(F)(F)c1ncc(C(=O)NC(/C=C/S(C)(=O)=O)COC2CC2)c(Oc2ccccc2)n1. The van der Waals surface area contributed by atoms with Crippen LogP contribution in [-0.2, 0) is 20.5 Å². The molecule has 1 aromatic heterocycles. The molecule has 32 heavy (non-hydrogen) atoms. The second kappa shape index (κ2) is 9.70. The van der Waals surface area contributed by atoms with Gasteiger partial charge in [0.05, 0.1) is 18.8 Å². The molecule has 172 valence electrons. The molecule has 1 saturated carbocycles. The number of ether oxygens (including phenoxy) is 2. The molecule has 11 heteroatoms. The highest BCUT2D eigenvalue weighted by molar-refractivity contribution is 7.93. The van der Waals surface area contributed by atoms with Crippen molar-refractivity contribution in [3.05, 3.63) is 59.4 Å². The summed E-state index contributed by atoms with van der Waals surface area (Å²) in [5, 5.41) is 3.58. The number of nitrogens with zero attached hydrogens (tertiary/aromatic N) is 2. The Bertz CT molecular complexity index is 1080. The first-order valence-corrected chi connectivity index (χ1v) is 11.8. The fourth-order valence-electron chi connectivity index (χ4n) is 2.51. The number of alkyl halides is 2. The van der Waals surface area contributed by atoms with Gasteiger partial charge in [0.15, 0.2) is 9.84 Å². The number of hydrogen-bond donors (Lipinski definition) is 1. The van der Waals surface area contributed by atoms with Crippen molar-refractivity contribution in [2.24, 2.45) is 0 Å². The number of carbonyl (C=O) groups excluding carboxylic acids is 1. The Morgan fingerprint density at radius 3 is 2.59 bits per heavy atom. The van der Waals surface area contributed by atoms with Crippen LogP contribution in [0.5, 0.6) is 11.6 Å². The standard InChI is InChI=1S/C21H23F2N3O5S/c1-21(22,23)20-24-12-17(19(26-20)31-16-6-4-3-5-7-16)18(27)25-14(10-11-32(2,28)29)13-30-15-8-9-15/h3-7,10-12,14-15H,8-9,13H2,1-2H3,(H,25,27)/b11-10+. The minimum Gasteiger partial charge on any atom is -0.438 e. The van der Waals surface area contributed by atoms with E-state index in [0.717, 1.165) is 30.7 Å². The van der Waals surface area contributed by atoms with Crippen LogP contribution >= 0.6 is 0 Å². The van der Waals surface area contributed by atoms with Crippen LogP contribution in [0.2, 0.25) is 0 Å². The van der Waals surface area contributed by atoms with Gasteiger partial charge in [0.25, 0.3) is 5.91 Å². The van der Waals surface area contributed by atoms with Gasteiger partial charge in [-0.25, -0.2) is 13.4 Å². The molecule has 1 atom stereocenters. The summed E-state index contributed by atoms with van der Waals surface area (Å²) in [6.07, 6.45) is 5.13. The van der Waals surface area contributed by atoms with E-state index in [1.165, 1.54) is 6.08 Å². The molecule has 3 rings (SSSR count). The summed E-state index contributed by atoms with van der Waals surface area (Å²) < 4.78 is 61.6. The van der Waals surface area contributed by atoms with Crippen LogP contribution in [0.15, 0.2) is 48.0 Å². The van der Waals surface area contributed by atoms with Crippen LogP contribution in [0.4, 0.5) is 8.78 Å². The van der Waals surface area contributed by atoms with Crippen LogP contribution in [0.3, 0.4) is 0 Å². The minimum atomic E-state index is -3.43. The summed E-state index contributed by atoms with van der Waals surface area (Å²) in [5.74, 6) is -4.94. The number of sulfone groups is 1. The predicted molar refractivity (Wildman–Crippen MR) is 112 cm³/mol. The summed E-state index contributed by atoms with van der Waals surface area (Å²) in [4.78, 5) is 20.3. The van der Waals surface area contributed by atoms with Crippen molar-refractivity contribution in [3.63, 3.8) is 0 Å². The molecule has 1 aliphatic carbocycles. The van der Waals surface area contributed by atoms with Crippen LogP contribution in [-0.4, -0.2) is 49.3 Å². The summed E-state index contributed by atoms with van der Waals surface area (Å²) in [7, 11) is -3.43. The van der Waals surface area contributed by atoms with E-state index in [2.05, 4.69) is 15.3 Å². The highest BCUT2D eigenvalue weighted by atomic mass is 32.2. The van der Waals surface area contributed by atoms with Crippen molar-refractivity contribution in [1.29, 1.82) is 0 Å². The molecule has 1 heterocycles. The molecule has 1 aromatic carbocycles. The fraction of sp³-hybridized carbons (Fsp3) is 0.381. The third kappa shape index (κ3) is 7.34. The molecule has 0 bridgehead atoms. The zero-order chi connectivity index (χ0) is 23.4. The molecule has 0 spiro atoms. The van der Waals surface area contributed by atoms with Crippen LogP contribution in [0, 0.1) is 0 Å². The Morgan fingerprint density at radius 1 is 1.31 bits per heavy atom. The number of benzene rings is 1. The number of carbonyl (C=O) groups is 1. The number of halogens is 2. The maximum absolute atomic E-state index is 13.7. The molecule has 8 nitrogen and oxygen atoms in total. The number of aromatic nitrogens is 2. The first-order chi connectivity index (χ1) is 15.0. The topological polar surface area (TPSA) is 107 Å². The molecule has 2 aromatic rings. The zero-order valence-corrected chi connectivity index (χ0v) is 18.3. The third-order valence-corrected chi connectivity index (χ3v) is 4.91. The van der Waals surface area contributed by atoms with Gasteiger partial charge in [-0.15, -0.1) is 0 Å².